The first-order valence-corrected chi connectivity index (χ1v) is 6.76. The molecular formula is C13H20O6. The van der Waals surface area contributed by atoms with E-state index in [0.29, 0.717) is 13.2 Å². The van der Waals surface area contributed by atoms with Gasteiger partial charge in [-0.25, -0.2) is 0 Å². The van der Waals surface area contributed by atoms with Gasteiger partial charge >= 0.3 is 5.97 Å². The van der Waals surface area contributed by atoms with Crippen LogP contribution in [0.3, 0.4) is 0 Å². The van der Waals surface area contributed by atoms with E-state index in [0.717, 1.165) is 0 Å². The zero-order valence-electron chi connectivity index (χ0n) is 11.4. The summed E-state index contributed by atoms with van der Waals surface area (Å²) in [5.74, 6) is -1.61. The SMILES string of the molecule is CCOC(=O)C1C2O[C@@H]3COC(C)(C)O[C@H]3[C@H](O)C21. The van der Waals surface area contributed by atoms with Gasteiger partial charge in [0.15, 0.2) is 5.79 Å². The van der Waals surface area contributed by atoms with E-state index >= 15 is 0 Å². The van der Waals surface area contributed by atoms with E-state index in [1.807, 2.05) is 0 Å². The van der Waals surface area contributed by atoms with Crippen molar-refractivity contribution >= 4 is 5.97 Å². The van der Waals surface area contributed by atoms with Crippen LogP contribution in [0.1, 0.15) is 20.8 Å². The lowest BCUT2D eigenvalue weighted by atomic mass is 9.99. The molecule has 0 amide bonds. The molecule has 1 N–H and O–H groups in total. The van der Waals surface area contributed by atoms with Crippen molar-refractivity contribution in [2.75, 3.05) is 13.2 Å². The summed E-state index contributed by atoms with van der Waals surface area (Å²) in [6, 6.07) is 0. The summed E-state index contributed by atoms with van der Waals surface area (Å²) in [6.07, 6.45) is -1.72. The molecule has 1 saturated carbocycles. The lowest BCUT2D eigenvalue weighted by molar-refractivity contribution is -0.337. The van der Waals surface area contributed by atoms with Gasteiger partial charge in [-0.05, 0) is 20.8 Å². The number of aliphatic hydroxyl groups is 1. The molecule has 1 aliphatic carbocycles. The molecule has 0 aromatic rings. The van der Waals surface area contributed by atoms with Gasteiger partial charge in [-0.1, -0.05) is 0 Å². The molecule has 0 aromatic carbocycles. The van der Waals surface area contributed by atoms with Crippen molar-refractivity contribution in [2.45, 2.75) is 51.0 Å². The zero-order valence-corrected chi connectivity index (χ0v) is 11.4. The molecule has 6 atom stereocenters. The van der Waals surface area contributed by atoms with Gasteiger partial charge in [0, 0.05) is 5.92 Å². The van der Waals surface area contributed by atoms with Crippen LogP contribution in [0.25, 0.3) is 0 Å². The van der Waals surface area contributed by atoms with Gasteiger partial charge in [-0.2, -0.15) is 0 Å². The third-order valence-corrected chi connectivity index (χ3v) is 4.01. The smallest absolute Gasteiger partial charge is 0.312 e. The van der Waals surface area contributed by atoms with Crippen LogP contribution in [0, 0.1) is 11.8 Å². The van der Waals surface area contributed by atoms with Crippen molar-refractivity contribution in [1.29, 1.82) is 0 Å². The summed E-state index contributed by atoms with van der Waals surface area (Å²) in [5, 5.41) is 10.4. The average Bonchev–Trinajstić information content (AvgIpc) is 3.05. The van der Waals surface area contributed by atoms with E-state index in [2.05, 4.69) is 0 Å². The Morgan fingerprint density at radius 2 is 2.16 bits per heavy atom. The third-order valence-electron chi connectivity index (χ3n) is 4.01. The van der Waals surface area contributed by atoms with Crippen molar-refractivity contribution in [3.05, 3.63) is 0 Å². The Labute approximate surface area is 112 Å². The highest BCUT2D eigenvalue weighted by molar-refractivity contribution is 5.77. The molecule has 6 nitrogen and oxygen atoms in total. The molecule has 0 bridgehead atoms. The fourth-order valence-corrected chi connectivity index (χ4v) is 3.06. The van der Waals surface area contributed by atoms with E-state index in [1.54, 1.807) is 20.8 Å². The second-order valence-electron chi connectivity index (χ2n) is 5.78. The molecule has 3 aliphatic rings. The van der Waals surface area contributed by atoms with Gasteiger partial charge in [0.2, 0.25) is 0 Å². The summed E-state index contributed by atoms with van der Waals surface area (Å²) in [6.45, 7) is 6.08. The average molecular weight is 272 g/mol. The van der Waals surface area contributed by atoms with Gasteiger partial charge < -0.3 is 24.1 Å². The fourth-order valence-electron chi connectivity index (χ4n) is 3.06. The zero-order chi connectivity index (χ0) is 13.8. The van der Waals surface area contributed by atoms with Gasteiger partial charge in [0.1, 0.15) is 12.2 Å². The van der Waals surface area contributed by atoms with E-state index in [1.165, 1.54) is 0 Å². The van der Waals surface area contributed by atoms with Crippen LogP contribution >= 0.6 is 0 Å². The van der Waals surface area contributed by atoms with Crippen molar-refractivity contribution in [3.8, 4) is 0 Å². The molecule has 2 aliphatic heterocycles. The Kier molecular flexibility index (Phi) is 3.09. The highest BCUT2D eigenvalue weighted by Gasteiger charge is 2.67. The molecule has 108 valence electrons. The predicted octanol–water partition coefficient (Wildman–Crippen LogP) is 0.0753. The van der Waals surface area contributed by atoms with E-state index in [-0.39, 0.29) is 30.0 Å². The van der Waals surface area contributed by atoms with Gasteiger partial charge in [0.05, 0.1) is 31.3 Å². The Morgan fingerprint density at radius 3 is 2.84 bits per heavy atom. The standard InChI is InChI=1S/C13H20O6/c1-4-16-12(15)8-7-9(14)10-6(18-11(7)8)5-17-13(2,3)19-10/h6-11,14H,4-5H2,1-3H3/t6-,7?,8?,9-,10-,11?/m1/s1. The maximum atomic E-state index is 11.8. The normalized spacial score (nSPS) is 46.9. The second kappa shape index (κ2) is 4.41. The lowest BCUT2D eigenvalue weighted by Gasteiger charge is -2.44. The van der Waals surface area contributed by atoms with Crippen LogP contribution in [0.4, 0.5) is 0 Å². The molecule has 6 heteroatoms. The number of esters is 1. The number of rotatable bonds is 2. The number of hydrogen-bond donors (Lipinski definition) is 1. The molecule has 0 radical (unpaired) electrons. The highest BCUT2D eigenvalue weighted by Crippen LogP contribution is 2.52. The summed E-state index contributed by atoms with van der Waals surface area (Å²) < 4.78 is 22.0. The Morgan fingerprint density at radius 1 is 1.42 bits per heavy atom. The van der Waals surface area contributed by atoms with Crippen molar-refractivity contribution in [2.24, 2.45) is 11.8 Å². The maximum absolute atomic E-state index is 11.8. The summed E-state index contributed by atoms with van der Waals surface area (Å²) in [4.78, 5) is 11.8. The monoisotopic (exact) mass is 272 g/mol. The first-order valence-electron chi connectivity index (χ1n) is 6.76. The minimum Gasteiger partial charge on any atom is -0.466 e. The van der Waals surface area contributed by atoms with Crippen LogP contribution < -0.4 is 0 Å². The summed E-state index contributed by atoms with van der Waals surface area (Å²) in [5.41, 5.74) is 0. The third kappa shape index (κ3) is 2.16. The minimum absolute atomic E-state index is 0.214. The molecule has 2 saturated heterocycles. The predicted molar refractivity (Wildman–Crippen MR) is 63.2 cm³/mol. The number of hydrogen-bond acceptors (Lipinski definition) is 6. The van der Waals surface area contributed by atoms with Gasteiger partial charge in [-0.15, -0.1) is 0 Å². The first kappa shape index (κ1) is 13.3. The first-order chi connectivity index (χ1) is 8.94. The van der Waals surface area contributed by atoms with Crippen LogP contribution in [-0.4, -0.2) is 54.5 Å². The Bertz CT molecular complexity index is 381. The quantitative estimate of drug-likeness (QED) is 0.717. The number of aliphatic hydroxyl groups excluding tert-OH is 1. The van der Waals surface area contributed by atoms with Crippen LogP contribution in [0.5, 0.6) is 0 Å². The van der Waals surface area contributed by atoms with Crippen molar-refractivity contribution < 1.29 is 28.8 Å². The molecule has 0 spiro atoms. The molecular weight excluding hydrogens is 252 g/mol. The lowest BCUT2D eigenvalue weighted by Crippen LogP contribution is -2.57. The summed E-state index contributed by atoms with van der Waals surface area (Å²) >= 11 is 0. The highest BCUT2D eigenvalue weighted by atomic mass is 16.7. The van der Waals surface area contributed by atoms with E-state index in [4.69, 9.17) is 18.9 Å². The molecule has 0 aromatic heterocycles. The van der Waals surface area contributed by atoms with Crippen molar-refractivity contribution in [1.82, 2.24) is 0 Å². The van der Waals surface area contributed by atoms with Crippen LogP contribution in [0.15, 0.2) is 0 Å². The van der Waals surface area contributed by atoms with E-state index < -0.39 is 18.0 Å². The minimum atomic E-state index is -0.730. The van der Waals surface area contributed by atoms with Crippen LogP contribution in [0.2, 0.25) is 0 Å². The Hall–Kier alpha value is -0.690. The molecule has 3 fully saturated rings. The van der Waals surface area contributed by atoms with E-state index in [9.17, 15) is 9.90 Å². The topological polar surface area (TPSA) is 74.2 Å². The molecule has 3 unspecified atom stereocenters. The molecule has 2 heterocycles. The maximum Gasteiger partial charge on any atom is 0.312 e. The fraction of sp³-hybridized carbons (Fsp3) is 0.923. The van der Waals surface area contributed by atoms with Crippen LogP contribution in [-0.2, 0) is 23.7 Å². The van der Waals surface area contributed by atoms with Gasteiger partial charge in [-0.3, -0.25) is 4.79 Å². The number of carbonyl (C=O) groups is 1. The number of carbonyl (C=O) groups excluding carboxylic acids is 1. The Balaban J connectivity index is 1.71. The second-order valence-corrected chi connectivity index (χ2v) is 5.78. The number of ether oxygens (including phenoxy) is 4. The molecule has 19 heavy (non-hydrogen) atoms. The number of fused-ring (bicyclic) bond motifs is 2. The largest absolute Gasteiger partial charge is 0.466 e. The molecule has 3 rings (SSSR count). The van der Waals surface area contributed by atoms with Gasteiger partial charge in [0.25, 0.3) is 0 Å². The summed E-state index contributed by atoms with van der Waals surface area (Å²) in [7, 11) is 0. The van der Waals surface area contributed by atoms with Crippen molar-refractivity contribution in [3.63, 3.8) is 0 Å².